The molecule has 1 N–H and O–H groups in total. The molecular weight excluding hydrogens is 416 g/mol. The molecule has 6 rings (SSSR count). The lowest BCUT2D eigenvalue weighted by Gasteiger charge is -2.29. The molecule has 0 saturated heterocycles. The lowest BCUT2D eigenvalue weighted by atomic mass is 9.77. The van der Waals surface area contributed by atoms with Crippen molar-refractivity contribution in [3.8, 4) is 17.2 Å². The summed E-state index contributed by atoms with van der Waals surface area (Å²) in [6.07, 6.45) is 7.71. The number of nitrogens with zero attached hydrogens (tertiary/aromatic N) is 1. The molecule has 4 aliphatic rings. The molecule has 6 heteroatoms. The highest BCUT2D eigenvalue weighted by Crippen LogP contribution is 2.54. The minimum Gasteiger partial charge on any atom is -0.491 e. The van der Waals surface area contributed by atoms with Crippen molar-refractivity contribution in [1.82, 2.24) is 5.32 Å². The number of benzene rings is 2. The molecule has 33 heavy (non-hydrogen) atoms. The van der Waals surface area contributed by atoms with E-state index in [0.717, 1.165) is 35.7 Å². The van der Waals surface area contributed by atoms with Gasteiger partial charge in [-0.1, -0.05) is 37.5 Å². The van der Waals surface area contributed by atoms with Gasteiger partial charge in [0.05, 0.1) is 0 Å². The second-order valence-electron chi connectivity index (χ2n) is 9.86. The van der Waals surface area contributed by atoms with E-state index < -0.39 is 5.41 Å². The van der Waals surface area contributed by atoms with Gasteiger partial charge in [0, 0.05) is 29.9 Å². The average molecular weight is 449 g/mol. The van der Waals surface area contributed by atoms with E-state index in [9.17, 15) is 4.79 Å². The predicted octanol–water partition coefficient (Wildman–Crippen LogP) is 4.39. The minimum atomic E-state index is -0.810. The lowest BCUT2D eigenvalue weighted by molar-refractivity contribution is -0.122. The van der Waals surface area contributed by atoms with E-state index in [0.29, 0.717) is 36.4 Å². The summed E-state index contributed by atoms with van der Waals surface area (Å²) in [7, 11) is 0. The molecule has 174 valence electrons. The quantitative estimate of drug-likeness (QED) is 0.665. The number of hydrogen-bond donors (Lipinski definition) is 1. The smallest absolute Gasteiger partial charge is 0.245 e. The van der Waals surface area contributed by atoms with Crippen LogP contribution >= 0.6 is 0 Å². The van der Waals surface area contributed by atoms with Crippen molar-refractivity contribution in [1.29, 1.82) is 0 Å². The first-order chi connectivity index (χ1) is 16.2. The van der Waals surface area contributed by atoms with Crippen LogP contribution in [0, 0.1) is 5.92 Å². The van der Waals surface area contributed by atoms with Crippen LogP contribution in [0.15, 0.2) is 36.4 Å². The van der Waals surface area contributed by atoms with Gasteiger partial charge in [0.1, 0.15) is 17.8 Å². The van der Waals surface area contributed by atoms with Gasteiger partial charge in [0.15, 0.2) is 11.5 Å². The molecule has 0 bridgehead atoms. The number of ether oxygens (including phenoxy) is 3. The van der Waals surface area contributed by atoms with Crippen LogP contribution in [0.4, 0.5) is 5.69 Å². The summed E-state index contributed by atoms with van der Waals surface area (Å²) in [6, 6.07) is 12.5. The van der Waals surface area contributed by atoms with Gasteiger partial charge in [-0.2, -0.15) is 0 Å². The first-order valence-electron chi connectivity index (χ1n) is 12.4. The van der Waals surface area contributed by atoms with Gasteiger partial charge in [-0.15, -0.1) is 0 Å². The summed E-state index contributed by atoms with van der Waals surface area (Å²) in [5.41, 5.74) is 2.10. The van der Waals surface area contributed by atoms with E-state index in [2.05, 4.69) is 24.4 Å². The molecular formula is C27H32N2O4. The summed E-state index contributed by atoms with van der Waals surface area (Å²) >= 11 is 0. The number of nitrogens with one attached hydrogen (secondary N) is 1. The highest BCUT2D eigenvalue weighted by atomic mass is 16.7. The Labute approximate surface area is 195 Å². The topological polar surface area (TPSA) is 60.0 Å². The highest BCUT2D eigenvalue weighted by Gasteiger charge is 2.57. The summed E-state index contributed by atoms with van der Waals surface area (Å²) in [5.74, 6) is 2.97. The fourth-order valence-electron chi connectivity index (χ4n) is 6.15. The van der Waals surface area contributed by atoms with E-state index in [1.54, 1.807) is 0 Å². The Balaban J connectivity index is 1.21. The Bertz CT molecular complexity index is 1060. The molecule has 1 unspecified atom stereocenters. The van der Waals surface area contributed by atoms with Gasteiger partial charge < -0.3 is 24.4 Å². The number of anilines is 1. The van der Waals surface area contributed by atoms with Crippen LogP contribution in [0.3, 0.4) is 0 Å². The Morgan fingerprint density at radius 1 is 1.03 bits per heavy atom. The van der Waals surface area contributed by atoms with Crippen molar-refractivity contribution in [3.05, 3.63) is 47.5 Å². The van der Waals surface area contributed by atoms with E-state index >= 15 is 0 Å². The number of hydrogen-bond acceptors (Lipinski definition) is 5. The van der Waals surface area contributed by atoms with Gasteiger partial charge in [-0.05, 0) is 56.3 Å². The summed E-state index contributed by atoms with van der Waals surface area (Å²) in [6.45, 7) is 4.45. The molecule has 2 aromatic rings. The molecule has 1 fully saturated rings. The van der Waals surface area contributed by atoms with Crippen molar-refractivity contribution in [2.24, 2.45) is 5.92 Å². The number of fused-ring (bicyclic) bond motifs is 5. The lowest BCUT2D eigenvalue weighted by Crippen LogP contribution is -2.43. The molecule has 1 spiro atoms. The van der Waals surface area contributed by atoms with E-state index in [1.807, 2.05) is 29.2 Å². The standard InChI is InChI=1S/C27H32N2O4/c1-18(19-8-3-2-4-9-19)28-12-7-13-29-22-11-6-5-10-20(22)27(26(29)30)16-31-23-15-25-24(14-21(23)27)32-17-33-25/h5-6,10-11,14-15,18-19,28H,2-4,7-9,12-13,16-17H2,1H3/t18-,27?/m1/s1. The molecule has 3 heterocycles. The molecule has 1 saturated carbocycles. The van der Waals surface area contributed by atoms with Gasteiger partial charge in [-0.25, -0.2) is 0 Å². The van der Waals surface area contributed by atoms with Crippen LogP contribution < -0.4 is 24.4 Å². The highest BCUT2D eigenvalue weighted by molar-refractivity contribution is 6.11. The second-order valence-corrected chi connectivity index (χ2v) is 9.86. The first kappa shape index (κ1) is 20.8. The van der Waals surface area contributed by atoms with Crippen molar-refractivity contribution in [3.63, 3.8) is 0 Å². The van der Waals surface area contributed by atoms with Crippen LogP contribution in [0.1, 0.15) is 56.6 Å². The maximum absolute atomic E-state index is 14.0. The maximum atomic E-state index is 14.0. The van der Waals surface area contributed by atoms with Crippen LogP contribution in [0.2, 0.25) is 0 Å². The maximum Gasteiger partial charge on any atom is 0.245 e. The zero-order valence-electron chi connectivity index (χ0n) is 19.3. The zero-order chi connectivity index (χ0) is 22.4. The second kappa shape index (κ2) is 8.24. The van der Waals surface area contributed by atoms with Crippen LogP contribution in [0.25, 0.3) is 0 Å². The molecule has 6 nitrogen and oxygen atoms in total. The van der Waals surface area contributed by atoms with E-state index in [-0.39, 0.29) is 12.7 Å². The molecule has 0 aromatic heterocycles. The van der Waals surface area contributed by atoms with Gasteiger partial charge in [0.2, 0.25) is 12.7 Å². The minimum absolute atomic E-state index is 0.0987. The average Bonchev–Trinajstić information content (AvgIpc) is 3.53. The van der Waals surface area contributed by atoms with Gasteiger partial charge in [0.25, 0.3) is 0 Å². The third-order valence-corrected chi connectivity index (χ3v) is 8.03. The van der Waals surface area contributed by atoms with Crippen LogP contribution in [0.5, 0.6) is 17.2 Å². The molecule has 3 aliphatic heterocycles. The summed E-state index contributed by atoms with van der Waals surface area (Å²) in [5, 5.41) is 3.73. The van der Waals surface area contributed by atoms with Crippen LogP contribution in [-0.2, 0) is 10.2 Å². The number of rotatable bonds is 6. The molecule has 1 amide bonds. The Morgan fingerprint density at radius 2 is 1.82 bits per heavy atom. The van der Waals surface area contributed by atoms with Gasteiger partial charge in [-0.3, -0.25) is 4.79 Å². The molecule has 0 radical (unpaired) electrons. The largest absolute Gasteiger partial charge is 0.491 e. The molecule has 1 aliphatic carbocycles. The third kappa shape index (κ3) is 3.30. The van der Waals surface area contributed by atoms with Crippen molar-refractivity contribution in [2.75, 3.05) is 31.4 Å². The summed E-state index contributed by atoms with van der Waals surface area (Å²) in [4.78, 5) is 15.9. The zero-order valence-corrected chi connectivity index (χ0v) is 19.3. The number of carbonyl (C=O) groups excluding carboxylic acids is 1. The van der Waals surface area contributed by atoms with Gasteiger partial charge >= 0.3 is 0 Å². The SMILES string of the molecule is C[C@@H](NCCCN1C(=O)C2(COc3cc4c(cc32)OCO4)c2ccccc21)C1CCCCC1. The fraction of sp³-hybridized carbons (Fsp3) is 0.519. The molecule has 2 atom stereocenters. The van der Waals surface area contributed by atoms with Crippen molar-refractivity contribution >= 4 is 11.6 Å². The van der Waals surface area contributed by atoms with E-state index in [1.165, 1.54) is 32.1 Å². The fourth-order valence-corrected chi connectivity index (χ4v) is 6.15. The Morgan fingerprint density at radius 3 is 2.67 bits per heavy atom. The Hall–Kier alpha value is -2.73. The Kier molecular flexibility index (Phi) is 5.21. The first-order valence-corrected chi connectivity index (χ1v) is 12.4. The summed E-state index contributed by atoms with van der Waals surface area (Å²) < 4.78 is 17.2. The predicted molar refractivity (Wildman–Crippen MR) is 126 cm³/mol. The third-order valence-electron chi connectivity index (χ3n) is 8.03. The molecule has 2 aromatic carbocycles. The van der Waals surface area contributed by atoms with Crippen molar-refractivity contribution in [2.45, 2.75) is 56.9 Å². The van der Waals surface area contributed by atoms with E-state index in [4.69, 9.17) is 14.2 Å². The monoisotopic (exact) mass is 448 g/mol. The van der Waals surface area contributed by atoms with Crippen molar-refractivity contribution < 1.29 is 19.0 Å². The number of para-hydroxylation sites is 1. The normalized spacial score (nSPS) is 24.2. The number of amides is 1. The number of carbonyl (C=O) groups is 1. The van der Waals surface area contributed by atoms with Crippen LogP contribution in [-0.4, -0.2) is 38.4 Å².